The van der Waals surface area contributed by atoms with E-state index in [1.165, 1.54) is 11.1 Å². The second-order valence-electron chi connectivity index (χ2n) is 6.10. The van der Waals surface area contributed by atoms with Crippen LogP contribution in [-0.4, -0.2) is 48.8 Å². The van der Waals surface area contributed by atoms with E-state index in [4.69, 9.17) is 4.74 Å². The summed E-state index contributed by atoms with van der Waals surface area (Å²) in [4.78, 5) is 7.04. The minimum atomic E-state index is 0.292. The van der Waals surface area contributed by atoms with Gasteiger partial charge in [-0.25, -0.2) is 0 Å². The zero-order chi connectivity index (χ0) is 15.4. The molecule has 1 aliphatic rings. The lowest BCUT2D eigenvalue weighted by atomic mass is 10.0. The zero-order valence-corrected chi connectivity index (χ0v) is 14.1. The maximum absolute atomic E-state index is 5.86. The van der Waals surface area contributed by atoms with Crippen molar-refractivity contribution in [2.24, 2.45) is 0 Å². The van der Waals surface area contributed by atoms with Crippen molar-refractivity contribution in [3.05, 3.63) is 28.6 Å². The van der Waals surface area contributed by atoms with Crippen molar-refractivity contribution in [2.75, 3.05) is 32.8 Å². The fourth-order valence-electron chi connectivity index (χ4n) is 3.29. The molecule has 4 heteroatoms. The molecule has 1 aromatic heterocycles. The molecule has 0 saturated carbocycles. The van der Waals surface area contributed by atoms with Crippen molar-refractivity contribution in [3.63, 3.8) is 0 Å². The van der Waals surface area contributed by atoms with Gasteiger partial charge in [0.1, 0.15) is 0 Å². The molecule has 21 heavy (non-hydrogen) atoms. The van der Waals surface area contributed by atoms with Crippen LogP contribution in [-0.2, 0) is 4.74 Å². The molecule has 118 valence electrons. The standard InChI is InChI=1S/C17H29N3O/c1-6-20-7-8-21-16(11-20)10-18-14(4)17-12(2)9-13(3)19-15(17)5/h9,14,16,18H,6-8,10-11H2,1-5H3. The van der Waals surface area contributed by atoms with Crippen LogP contribution in [0.25, 0.3) is 0 Å². The summed E-state index contributed by atoms with van der Waals surface area (Å²) in [5.41, 5.74) is 4.87. The maximum atomic E-state index is 5.86. The second-order valence-corrected chi connectivity index (χ2v) is 6.10. The number of nitrogens with one attached hydrogen (secondary N) is 1. The Kier molecular flexibility index (Phi) is 5.73. The molecule has 1 aliphatic heterocycles. The summed E-state index contributed by atoms with van der Waals surface area (Å²) in [7, 11) is 0. The van der Waals surface area contributed by atoms with E-state index in [0.29, 0.717) is 12.1 Å². The van der Waals surface area contributed by atoms with Gasteiger partial charge in [-0.1, -0.05) is 6.92 Å². The number of morpholine rings is 1. The van der Waals surface area contributed by atoms with Gasteiger partial charge in [0, 0.05) is 37.1 Å². The number of hydrogen-bond donors (Lipinski definition) is 1. The molecule has 1 fully saturated rings. The predicted octanol–water partition coefficient (Wildman–Crippen LogP) is 2.38. The highest BCUT2D eigenvalue weighted by atomic mass is 16.5. The van der Waals surface area contributed by atoms with Crippen molar-refractivity contribution in [1.82, 2.24) is 15.2 Å². The largest absolute Gasteiger partial charge is 0.374 e. The van der Waals surface area contributed by atoms with Crippen molar-refractivity contribution >= 4 is 0 Å². The Bertz CT molecular complexity index is 452. The molecule has 0 spiro atoms. The molecule has 2 unspecified atom stereocenters. The first-order valence-electron chi connectivity index (χ1n) is 8.03. The monoisotopic (exact) mass is 291 g/mol. The van der Waals surface area contributed by atoms with E-state index < -0.39 is 0 Å². The van der Waals surface area contributed by atoms with Gasteiger partial charge in [-0.15, -0.1) is 0 Å². The van der Waals surface area contributed by atoms with Crippen LogP contribution in [0, 0.1) is 20.8 Å². The lowest BCUT2D eigenvalue weighted by molar-refractivity contribution is -0.0262. The molecule has 0 bridgehead atoms. The number of likely N-dealkylation sites (N-methyl/N-ethyl adjacent to an activating group) is 1. The number of hydrogen-bond acceptors (Lipinski definition) is 4. The maximum Gasteiger partial charge on any atom is 0.0826 e. The second kappa shape index (κ2) is 7.34. The number of ether oxygens (including phenoxy) is 1. The third kappa shape index (κ3) is 4.25. The third-order valence-electron chi connectivity index (χ3n) is 4.34. The fourth-order valence-corrected chi connectivity index (χ4v) is 3.29. The molecular weight excluding hydrogens is 262 g/mol. The quantitative estimate of drug-likeness (QED) is 0.904. The Morgan fingerprint density at radius 2 is 2.19 bits per heavy atom. The van der Waals surface area contributed by atoms with Crippen LogP contribution in [0.1, 0.15) is 42.4 Å². The molecule has 2 atom stereocenters. The van der Waals surface area contributed by atoms with E-state index in [2.05, 4.69) is 55.9 Å². The smallest absolute Gasteiger partial charge is 0.0826 e. The molecule has 1 aromatic rings. The molecule has 4 nitrogen and oxygen atoms in total. The highest BCUT2D eigenvalue weighted by molar-refractivity contribution is 5.33. The Balaban J connectivity index is 1.94. The number of aryl methyl sites for hydroxylation is 3. The zero-order valence-electron chi connectivity index (χ0n) is 14.1. The highest BCUT2D eigenvalue weighted by Crippen LogP contribution is 2.21. The summed E-state index contributed by atoms with van der Waals surface area (Å²) in [6.45, 7) is 15.7. The molecule has 0 aliphatic carbocycles. The Labute approximate surface area is 128 Å². The summed E-state index contributed by atoms with van der Waals surface area (Å²) in [6.07, 6.45) is 0.292. The lowest BCUT2D eigenvalue weighted by Crippen LogP contribution is -2.46. The average Bonchev–Trinajstić information content (AvgIpc) is 2.44. The first kappa shape index (κ1) is 16.4. The fraction of sp³-hybridized carbons (Fsp3) is 0.706. The van der Waals surface area contributed by atoms with Crippen LogP contribution in [0.5, 0.6) is 0 Å². The molecule has 0 aromatic carbocycles. The van der Waals surface area contributed by atoms with Crippen LogP contribution >= 0.6 is 0 Å². The Morgan fingerprint density at radius 1 is 1.43 bits per heavy atom. The number of nitrogens with zero attached hydrogens (tertiary/aromatic N) is 2. The summed E-state index contributed by atoms with van der Waals surface area (Å²) in [5.74, 6) is 0. The van der Waals surface area contributed by atoms with E-state index in [9.17, 15) is 0 Å². The van der Waals surface area contributed by atoms with Gasteiger partial charge < -0.3 is 10.1 Å². The molecule has 0 amide bonds. The van der Waals surface area contributed by atoms with Gasteiger partial charge in [0.15, 0.2) is 0 Å². The summed E-state index contributed by atoms with van der Waals surface area (Å²) in [5, 5.41) is 3.62. The lowest BCUT2D eigenvalue weighted by Gasteiger charge is -2.33. The van der Waals surface area contributed by atoms with Gasteiger partial charge in [0.2, 0.25) is 0 Å². The van der Waals surface area contributed by atoms with E-state index in [1.54, 1.807) is 0 Å². The molecule has 2 heterocycles. The summed E-state index contributed by atoms with van der Waals surface area (Å²) >= 11 is 0. The van der Waals surface area contributed by atoms with E-state index in [-0.39, 0.29) is 0 Å². The van der Waals surface area contributed by atoms with Gasteiger partial charge in [0.05, 0.1) is 12.7 Å². The molecule has 2 rings (SSSR count). The van der Waals surface area contributed by atoms with Gasteiger partial charge >= 0.3 is 0 Å². The van der Waals surface area contributed by atoms with Crippen molar-refractivity contribution < 1.29 is 4.74 Å². The Morgan fingerprint density at radius 3 is 2.86 bits per heavy atom. The molecular formula is C17H29N3O. The van der Waals surface area contributed by atoms with Crippen molar-refractivity contribution in [2.45, 2.75) is 46.8 Å². The topological polar surface area (TPSA) is 37.4 Å². The normalized spacial score (nSPS) is 21.5. The third-order valence-corrected chi connectivity index (χ3v) is 4.34. The summed E-state index contributed by atoms with van der Waals surface area (Å²) in [6, 6.07) is 2.47. The van der Waals surface area contributed by atoms with E-state index in [1.807, 2.05) is 0 Å². The average molecular weight is 291 g/mol. The van der Waals surface area contributed by atoms with Crippen LogP contribution in [0.3, 0.4) is 0 Å². The Hall–Kier alpha value is -0.970. The molecule has 1 N–H and O–H groups in total. The molecule has 1 saturated heterocycles. The number of aromatic nitrogens is 1. The SMILES string of the molecule is CCN1CCOC(CNC(C)c2c(C)cc(C)nc2C)C1. The minimum absolute atomic E-state index is 0.292. The minimum Gasteiger partial charge on any atom is -0.374 e. The van der Waals surface area contributed by atoms with Gasteiger partial charge in [-0.05, 0) is 51.4 Å². The van der Waals surface area contributed by atoms with Gasteiger partial charge in [-0.2, -0.15) is 0 Å². The number of rotatable bonds is 5. The van der Waals surface area contributed by atoms with Gasteiger partial charge in [-0.3, -0.25) is 9.88 Å². The predicted molar refractivity (Wildman–Crippen MR) is 86.7 cm³/mol. The van der Waals surface area contributed by atoms with Crippen LogP contribution < -0.4 is 5.32 Å². The van der Waals surface area contributed by atoms with Gasteiger partial charge in [0.25, 0.3) is 0 Å². The van der Waals surface area contributed by atoms with Crippen LogP contribution in [0.4, 0.5) is 0 Å². The van der Waals surface area contributed by atoms with Crippen molar-refractivity contribution in [3.8, 4) is 0 Å². The van der Waals surface area contributed by atoms with E-state index >= 15 is 0 Å². The van der Waals surface area contributed by atoms with Crippen molar-refractivity contribution in [1.29, 1.82) is 0 Å². The first-order valence-corrected chi connectivity index (χ1v) is 8.03. The summed E-state index contributed by atoms with van der Waals surface area (Å²) < 4.78 is 5.86. The van der Waals surface area contributed by atoms with E-state index in [0.717, 1.165) is 44.2 Å². The highest BCUT2D eigenvalue weighted by Gasteiger charge is 2.20. The first-order chi connectivity index (χ1) is 10.0. The number of pyridine rings is 1. The molecule has 0 radical (unpaired) electrons. The van der Waals surface area contributed by atoms with Crippen LogP contribution in [0.2, 0.25) is 0 Å². The van der Waals surface area contributed by atoms with Crippen LogP contribution in [0.15, 0.2) is 6.07 Å².